The van der Waals surface area contributed by atoms with Crippen LogP contribution in [0.1, 0.15) is 0 Å². The van der Waals surface area contributed by atoms with Crippen LogP contribution in [-0.2, 0) is 0 Å². The maximum atomic E-state index is 11.5. The molecule has 0 fully saturated rings. The molecule has 0 saturated heterocycles. The van der Waals surface area contributed by atoms with E-state index in [1.165, 1.54) is 0 Å². The third-order valence-electron chi connectivity index (χ3n) is 0.565. The molecule has 5 heteroatoms. The average molecular weight is 143 g/mol. The van der Waals surface area contributed by atoms with Gasteiger partial charge in [0, 0.05) is 0 Å². The summed E-state index contributed by atoms with van der Waals surface area (Å²) in [5, 5.41) is -1.25. The van der Waals surface area contributed by atoms with Crippen molar-refractivity contribution in [1.29, 1.82) is 0 Å². The summed E-state index contributed by atoms with van der Waals surface area (Å²) in [6, 6.07) is 0. The molecule has 0 heterocycles. The van der Waals surface area contributed by atoms with E-state index in [0.717, 1.165) is 6.08 Å². The Balaban J connectivity index is 3.72. The lowest BCUT2D eigenvalue weighted by Crippen LogP contribution is -2.30. The number of nitrogens with zero attached hydrogens (tertiary/aromatic N) is 1. The van der Waals surface area contributed by atoms with E-state index in [1.807, 2.05) is 0 Å². The molecule has 0 atom stereocenters. The normalized spacial score (nSPS) is 12.1. The zero-order chi connectivity index (χ0) is 7.49. The van der Waals surface area contributed by atoms with Crippen molar-refractivity contribution in [2.45, 2.75) is 6.30 Å². The van der Waals surface area contributed by atoms with Gasteiger partial charge in [0.2, 0.25) is 0 Å². The Morgan fingerprint density at radius 3 is 2.00 bits per heavy atom. The predicted molar refractivity (Wildman–Crippen MR) is 24.1 cm³/mol. The van der Waals surface area contributed by atoms with Gasteiger partial charge in [0.25, 0.3) is 0 Å². The predicted octanol–water partition coefficient (Wildman–Crippen LogP) is 1.88. The van der Waals surface area contributed by atoms with Gasteiger partial charge in [-0.1, -0.05) is 6.08 Å². The SMILES string of the molecule is C=CCN(F)C(F)(F)F. The molecule has 0 rings (SSSR count). The van der Waals surface area contributed by atoms with E-state index in [0.29, 0.717) is 0 Å². The second-order valence-corrected chi connectivity index (χ2v) is 1.30. The molecule has 0 aromatic rings. The lowest BCUT2D eigenvalue weighted by molar-refractivity contribution is -0.308. The van der Waals surface area contributed by atoms with Crippen molar-refractivity contribution >= 4 is 0 Å². The maximum absolute atomic E-state index is 11.5. The smallest absolute Gasteiger partial charge is 0.153 e. The number of alkyl halides is 3. The van der Waals surface area contributed by atoms with Gasteiger partial charge in [-0.3, -0.25) is 0 Å². The van der Waals surface area contributed by atoms with E-state index in [4.69, 9.17) is 0 Å². The molecule has 0 aliphatic rings. The van der Waals surface area contributed by atoms with Crippen LogP contribution in [0.2, 0.25) is 0 Å². The highest BCUT2D eigenvalue weighted by molar-refractivity contribution is 4.69. The van der Waals surface area contributed by atoms with Crippen molar-refractivity contribution in [3.63, 3.8) is 0 Å². The third-order valence-corrected chi connectivity index (χ3v) is 0.565. The minimum atomic E-state index is -4.89. The maximum Gasteiger partial charge on any atom is 0.487 e. The van der Waals surface area contributed by atoms with Crippen molar-refractivity contribution < 1.29 is 17.7 Å². The molecular formula is C4H5F4N. The molecule has 0 N–H and O–H groups in total. The molecule has 0 aliphatic heterocycles. The molecule has 0 aromatic heterocycles. The Morgan fingerprint density at radius 2 is 1.89 bits per heavy atom. The first-order valence-corrected chi connectivity index (χ1v) is 2.09. The van der Waals surface area contributed by atoms with Crippen LogP contribution >= 0.6 is 0 Å². The Morgan fingerprint density at radius 1 is 1.44 bits per heavy atom. The fourth-order valence-electron chi connectivity index (χ4n) is 0.217. The highest BCUT2D eigenvalue weighted by Crippen LogP contribution is 2.20. The van der Waals surface area contributed by atoms with E-state index >= 15 is 0 Å². The Labute approximate surface area is 49.5 Å². The molecule has 0 radical (unpaired) electrons. The van der Waals surface area contributed by atoms with Crippen molar-refractivity contribution in [3.05, 3.63) is 12.7 Å². The summed E-state index contributed by atoms with van der Waals surface area (Å²) < 4.78 is 45.0. The fourth-order valence-corrected chi connectivity index (χ4v) is 0.217. The molecule has 0 spiro atoms. The van der Waals surface area contributed by atoms with Gasteiger partial charge < -0.3 is 0 Å². The summed E-state index contributed by atoms with van der Waals surface area (Å²) in [5.41, 5.74) is 0. The van der Waals surface area contributed by atoms with Crippen LogP contribution < -0.4 is 0 Å². The second-order valence-electron chi connectivity index (χ2n) is 1.30. The molecule has 0 amide bonds. The second kappa shape index (κ2) is 2.82. The van der Waals surface area contributed by atoms with Gasteiger partial charge >= 0.3 is 6.30 Å². The standard InChI is InChI=1S/C4H5F4N/c1-2-3-9(8)4(5,6)7/h2H,1,3H2. The zero-order valence-corrected chi connectivity index (χ0v) is 4.45. The number of halogens is 4. The first-order chi connectivity index (χ1) is 3.98. The lowest BCUT2D eigenvalue weighted by Gasteiger charge is -2.11. The third kappa shape index (κ3) is 3.07. The zero-order valence-electron chi connectivity index (χ0n) is 4.45. The number of rotatable bonds is 2. The van der Waals surface area contributed by atoms with Crippen LogP contribution in [-0.4, -0.2) is 18.0 Å². The largest absolute Gasteiger partial charge is 0.487 e. The van der Waals surface area contributed by atoms with E-state index in [-0.39, 0.29) is 0 Å². The molecule has 0 unspecified atom stereocenters. The summed E-state index contributed by atoms with van der Waals surface area (Å²) in [7, 11) is 0. The van der Waals surface area contributed by atoms with Gasteiger partial charge in [0.15, 0.2) is 0 Å². The molecule has 1 nitrogen and oxygen atoms in total. The fraction of sp³-hybridized carbons (Fsp3) is 0.500. The first kappa shape index (κ1) is 8.42. The Kier molecular flexibility index (Phi) is 2.64. The van der Waals surface area contributed by atoms with Gasteiger partial charge in [0.1, 0.15) is 0 Å². The molecule has 9 heavy (non-hydrogen) atoms. The molecule has 0 aliphatic carbocycles. The van der Waals surface area contributed by atoms with E-state index in [1.54, 1.807) is 0 Å². The molecule has 0 bridgehead atoms. The van der Waals surface area contributed by atoms with Gasteiger partial charge in [0.05, 0.1) is 6.54 Å². The number of hydrogen-bond acceptors (Lipinski definition) is 1. The van der Waals surface area contributed by atoms with E-state index < -0.39 is 18.0 Å². The van der Waals surface area contributed by atoms with Crippen LogP contribution in [0.3, 0.4) is 0 Å². The topological polar surface area (TPSA) is 3.24 Å². The summed E-state index contributed by atoms with van der Waals surface area (Å²) in [6.45, 7) is 2.10. The van der Waals surface area contributed by atoms with Crippen molar-refractivity contribution in [3.8, 4) is 0 Å². The van der Waals surface area contributed by atoms with Crippen molar-refractivity contribution in [2.75, 3.05) is 6.54 Å². The highest BCUT2D eigenvalue weighted by Gasteiger charge is 2.36. The summed E-state index contributed by atoms with van der Waals surface area (Å²) in [6.07, 6.45) is -4.07. The van der Waals surface area contributed by atoms with Crippen LogP contribution in [0, 0.1) is 0 Å². The van der Waals surface area contributed by atoms with Crippen molar-refractivity contribution in [1.82, 2.24) is 5.12 Å². The first-order valence-electron chi connectivity index (χ1n) is 2.09. The molecule has 54 valence electrons. The van der Waals surface area contributed by atoms with Gasteiger partial charge in [-0.15, -0.1) is 11.1 Å². The Hall–Kier alpha value is -0.580. The van der Waals surface area contributed by atoms with Gasteiger partial charge in [-0.2, -0.15) is 13.2 Å². The lowest BCUT2D eigenvalue weighted by atomic mass is 10.6. The van der Waals surface area contributed by atoms with Gasteiger partial charge in [-0.25, -0.2) is 0 Å². The van der Waals surface area contributed by atoms with E-state index in [2.05, 4.69) is 6.58 Å². The summed E-state index contributed by atoms with van der Waals surface area (Å²) >= 11 is 0. The van der Waals surface area contributed by atoms with Crippen LogP contribution in [0.5, 0.6) is 0 Å². The average Bonchev–Trinajstić information content (AvgIpc) is 1.64. The minimum absolute atomic E-state index is 0.827. The highest BCUT2D eigenvalue weighted by atomic mass is 19.4. The molecule has 0 aromatic carbocycles. The van der Waals surface area contributed by atoms with Crippen molar-refractivity contribution in [2.24, 2.45) is 0 Å². The molecule has 0 saturated carbocycles. The summed E-state index contributed by atoms with van der Waals surface area (Å²) in [5.74, 6) is 0. The summed E-state index contributed by atoms with van der Waals surface area (Å²) in [4.78, 5) is 0. The van der Waals surface area contributed by atoms with Crippen LogP contribution in [0.25, 0.3) is 0 Å². The van der Waals surface area contributed by atoms with Gasteiger partial charge in [-0.05, 0) is 5.12 Å². The minimum Gasteiger partial charge on any atom is -0.153 e. The number of hydrogen-bond donors (Lipinski definition) is 0. The Bertz CT molecular complexity index is 97.2. The van der Waals surface area contributed by atoms with Crippen LogP contribution in [0.4, 0.5) is 17.7 Å². The van der Waals surface area contributed by atoms with Crippen LogP contribution in [0.15, 0.2) is 12.7 Å². The van der Waals surface area contributed by atoms with E-state index in [9.17, 15) is 17.7 Å². The quantitative estimate of drug-likeness (QED) is 0.247. The monoisotopic (exact) mass is 143 g/mol. The molecular weight excluding hydrogens is 138 g/mol.